The molecule has 0 spiro atoms. The molecule has 3 unspecified atom stereocenters. The zero-order valence-electron chi connectivity index (χ0n) is 37.0. The SMILES string of the molecule is CCCC/C=C\CCCCCC(CC(=O)NC(CO)C(O)CCCCCCCCCCCC)OC(=O)CCCCCCC/C=C/C=C/C=C/CCCCCCC. The molecule has 0 aliphatic rings. The molecule has 0 aliphatic carbocycles. The quantitative estimate of drug-likeness (QED) is 0.0248. The molecule has 0 bridgehead atoms. The van der Waals surface area contributed by atoms with Crippen molar-refractivity contribution in [3.8, 4) is 0 Å². The summed E-state index contributed by atoms with van der Waals surface area (Å²) >= 11 is 0. The van der Waals surface area contributed by atoms with E-state index in [0.29, 0.717) is 19.3 Å². The Morgan fingerprint density at radius 3 is 1.48 bits per heavy atom. The van der Waals surface area contributed by atoms with E-state index < -0.39 is 18.2 Å². The molecule has 0 aromatic heterocycles. The van der Waals surface area contributed by atoms with Gasteiger partial charge in [0.05, 0.1) is 25.2 Å². The topological polar surface area (TPSA) is 95.9 Å². The van der Waals surface area contributed by atoms with Crippen molar-refractivity contribution in [2.24, 2.45) is 0 Å². The van der Waals surface area contributed by atoms with E-state index in [9.17, 15) is 19.8 Å². The van der Waals surface area contributed by atoms with Crippen molar-refractivity contribution in [3.05, 3.63) is 48.6 Å². The Bertz CT molecular complexity index is 972. The monoisotopic (exact) mass is 786 g/mol. The first-order valence-electron chi connectivity index (χ1n) is 23.9. The molecule has 0 heterocycles. The summed E-state index contributed by atoms with van der Waals surface area (Å²) in [6, 6.07) is -0.708. The highest BCUT2D eigenvalue weighted by Gasteiger charge is 2.24. The smallest absolute Gasteiger partial charge is 0.306 e. The number of unbranched alkanes of at least 4 members (excludes halogenated alkanes) is 24. The summed E-state index contributed by atoms with van der Waals surface area (Å²) in [4.78, 5) is 26.0. The lowest BCUT2D eigenvalue weighted by Gasteiger charge is -2.24. The van der Waals surface area contributed by atoms with Crippen molar-refractivity contribution in [2.75, 3.05) is 6.61 Å². The van der Waals surface area contributed by atoms with Crippen molar-refractivity contribution >= 4 is 11.9 Å². The number of hydrogen-bond acceptors (Lipinski definition) is 5. The number of hydrogen-bond donors (Lipinski definition) is 3. The van der Waals surface area contributed by atoms with Crippen molar-refractivity contribution in [2.45, 2.75) is 251 Å². The second-order valence-corrected chi connectivity index (χ2v) is 16.2. The van der Waals surface area contributed by atoms with Gasteiger partial charge in [0.15, 0.2) is 0 Å². The second-order valence-electron chi connectivity index (χ2n) is 16.2. The molecule has 0 aliphatic heterocycles. The summed E-state index contributed by atoms with van der Waals surface area (Å²) in [5.74, 6) is -0.515. The number of allylic oxidation sites excluding steroid dienone is 8. The van der Waals surface area contributed by atoms with Gasteiger partial charge in [0.2, 0.25) is 5.91 Å². The van der Waals surface area contributed by atoms with Gasteiger partial charge in [0.1, 0.15) is 6.10 Å². The molecule has 0 radical (unpaired) electrons. The van der Waals surface area contributed by atoms with Gasteiger partial charge in [-0.15, -0.1) is 0 Å². The van der Waals surface area contributed by atoms with E-state index >= 15 is 0 Å². The maximum atomic E-state index is 13.1. The first-order valence-corrected chi connectivity index (χ1v) is 23.9. The van der Waals surface area contributed by atoms with Crippen molar-refractivity contribution < 1.29 is 24.5 Å². The van der Waals surface area contributed by atoms with Crippen LogP contribution < -0.4 is 5.32 Å². The Morgan fingerprint density at radius 2 is 0.946 bits per heavy atom. The first-order chi connectivity index (χ1) is 27.5. The largest absolute Gasteiger partial charge is 0.462 e. The molecule has 0 aromatic rings. The molecule has 3 N–H and O–H groups in total. The summed E-state index contributed by atoms with van der Waals surface area (Å²) < 4.78 is 5.88. The lowest BCUT2D eigenvalue weighted by atomic mass is 10.0. The van der Waals surface area contributed by atoms with Gasteiger partial charge in [0.25, 0.3) is 0 Å². The number of aliphatic hydroxyl groups is 2. The molecular formula is C50H91NO5. The van der Waals surface area contributed by atoms with E-state index in [0.717, 1.165) is 89.9 Å². The number of aliphatic hydroxyl groups excluding tert-OH is 2. The van der Waals surface area contributed by atoms with Gasteiger partial charge in [-0.2, -0.15) is 0 Å². The van der Waals surface area contributed by atoms with E-state index in [1.54, 1.807) is 0 Å². The Morgan fingerprint density at radius 1 is 0.518 bits per heavy atom. The molecule has 3 atom stereocenters. The zero-order chi connectivity index (χ0) is 41.0. The average Bonchev–Trinajstić information content (AvgIpc) is 3.19. The third kappa shape index (κ3) is 38.7. The van der Waals surface area contributed by atoms with Gasteiger partial charge in [-0.05, 0) is 70.6 Å². The minimum atomic E-state index is -0.792. The summed E-state index contributed by atoms with van der Waals surface area (Å²) in [6.45, 7) is 6.39. The van der Waals surface area contributed by atoms with Crippen LogP contribution in [0.15, 0.2) is 48.6 Å². The predicted octanol–water partition coefficient (Wildman–Crippen LogP) is 13.9. The fourth-order valence-electron chi connectivity index (χ4n) is 7.00. The minimum absolute atomic E-state index is 0.0578. The van der Waals surface area contributed by atoms with Crippen LogP contribution in [0.3, 0.4) is 0 Å². The molecule has 0 saturated heterocycles. The van der Waals surface area contributed by atoms with E-state index in [2.05, 4.69) is 74.7 Å². The molecule has 326 valence electrons. The average molecular weight is 786 g/mol. The lowest BCUT2D eigenvalue weighted by Crippen LogP contribution is -2.46. The van der Waals surface area contributed by atoms with Crippen LogP contribution in [0.1, 0.15) is 233 Å². The van der Waals surface area contributed by atoms with Gasteiger partial charge in [-0.3, -0.25) is 9.59 Å². The van der Waals surface area contributed by atoms with Crippen LogP contribution in [0.5, 0.6) is 0 Å². The Labute approximate surface area is 346 Å². The van der Waals surface area contributed by atoms with Crippen LogP contribution in [0.4, 0.5) is 0 Å². The van der Waals surface area contributed by atoms with Crippen LogP contribution in [0.25, 0.3) is 0 Å². The third-order valence-electron chi connectivity index (χ3n) is 10.7. The molecule has 0 fully saturated rings. The number of ether oxygens (including phenoxy) is 1. The maximum Gasteiger partial charge on any atom is 0.306 e. The van der Waals surface area contributed by atoms with Crippen LogP contribution in [-0.4, -0.2) is 46.9 Å². The summed E-state index contributed by atoms with van der Waals surface area (Å²) in [6.07, 6.45) is 51.7. The van der Waals surface area contributed by atoms with E-state index in [4.69, 9.17) is 4.74 Å². The molecule has 6 nitrogen and oxygen atoms in total. The number of carbonyl (C=O) groups excluding carboxylic acids is 2. The maximum absolute atomic E-state index is 13.1. The molecule has 1 amide bonds. The molecule has 0 aromatic carbocycles. The second kappa shape index (κ2) is 43.9. The minimum Gasteiger partial charge on any atom is -0.462 e. The van der Waals surface area contributed by atoms with E-state index in [1.807, 2.05) is 0 Å². The molecule has 0 rings (SSSR count). The number of carbonyl (C=O) groups is 2. The van der Waals surface area contributed by atoms with Crippen LogP contribution in [-0.2, 0) is 14.3 Å². The third-order valence-corrected chi connectivity index (χ3v) is 10.7. The van der Waals surface area contributed by atoms with E-state index in [1.165, 1.54) is 96.3 Å². The van der Waals surface area contributed by atoms with Crippen molar-refractivity contribution in [3.63, 3.8) is 0 Å². The fourth-order valence-corrected chi connectivity index (χ4v) is 7.00. The summed E-state index contributed by atoms with van der Waals surface area (Å²) in [5.41, 5.74) is 0. The summed E-state index contributed by atoms with van der Waals surface area (Å²) in [5, 5.41) is 23.6. The van der Waals surface area contributed by atoms with Crippen LogP contribution in [0.2, 0.25) is 0 Å². The zero-order valence-corrected chi connectivity index (χ0v) is 37.0. The predicted molar refractivity (Wildman–Crippen MR) is 241 cm³/mol. The Balaban J connectivity index is 4.54. The Kier molecular flexibility index (Phi) is 42.2. The van der Waals surface area contributed by atoms with Gasteiger partial charge < -0.3 is 20.3 Å². The van der Waals surface area contributed by atoms with Crippen LogP contribution in [0, 0.1) is 0 Å². The van der Waals surface area contributed by atoms with Gasteiger partial charge >= 0.3 is 5.97 Å². The normalized spacial score (nSPS) is 13.7. The number of amides is 1. The summed E-state index contributed by atoms with van der Waals surface area (Å²) in [7, 11) is 0. The van der Waals surface area contributed by atoms with Gasteiger partial charge in [-0.1, -0.05) is 198 Å². The number of esters is 1. The Hall–Kier alpha value is -2.18. The molecule has 0 saturated carbocycles. The van der Waals surface area contributed by atoms with Gasteiger partial charge in [-0.25, -0.2) is 0 Å². The highest BCUT2D eigenvalue weighted by atomic mass is 16.5. The van der Waals surface area contributed by atoms with Crippen molar-refractivity contribution in [1.82, 2.24) is 5.32 Å². The molecular weight excluding hydrogens is 695 g/mol. The number of rotatable bonds is 42. The van der Waals surface area contributed by atoms with Crippen LogP contribution >= 0.6 is 0 Å². The lowest BCUT2D eigenvalue weighted by molar-refractivity contribution is -0.151. The fraction of sp³-hybridized carbons (Fsp3) is 0.800. The van der Waals surface area contributed by atoms with Gasteiger partial charge in [0, 0.05) is 6.42 Å². The first kappa shape index (κ1) is 53.8. The molecule has 6 heteroatoms. The standard InChI is InChI=1S/C50H91NO5/c1-4-7-10-13-16-19-21-22-23-24-25-26-27-28-31-34-37-40-43-50(55)56-46(41-38-35-32-29-18-15-12-9-6-3)44-49(54)51-47(45-52)48(53)42-39-36-33-30-20-17-14-11-8-5-2/h15,18,21-26,46-48,52-53H,4-14,16-17,19-20,27-45H2,1-3H3,(H,51,54)/b18-15-,22-21+,24-23+,26-25+. The number of nitrogens with one attached hydrogen (secondary N) is 1. The van der Waals surface area contributed by atoms with E-state index in [-0.39, 0.29) is 24.9 Å². The van der Waals surface area contributed by atoms with Crippen molar-refractivity contribution in [1.29, 1.82) is 0 Å². The highest BCUT2D eigenvalue weighted by Crippen LogP contribution is 2.17. The highest BCUT2D eigenvalue weighted by molar-refractivity contribution is 5.77. The molecule has 56 heavy (non-hydrogen) atoms.